The van der Waals surface area contributed by atoms with Gasteiger partial charge in [0.05, 0.1) is 16.6 Å². The molecule has 0 aliphatic carbocycles. The molecule has 0 aromatic heterocycles. The number of halogens is 1. The third kappa shape index (κ3) is 4.03. The number of anilines is 2. The van der Waals surface area contributed by atoms with E-state index in [2.05, 4.69) is 5.32 Å². The van der Waals surface area contributed by atoms with Gasteiger partial charge < -0.3 is 10.2 Å². The lowest BCUT2D eigenvalue weighted by molar-refractivity contribution is -0.122. The summed E-state index contributed by atoms with van der Waals surface area (Å²) < 4.78 is 0. The molecule has 2 aromatic rings. The number of nitrogens with one attached hydrogen (secondary N) is 1. The van der Waals surface area contributed by atoms with Crippen LogP contribution in [0.1, 0.15) is 34.8 Å². The summed E-state index contributed by atoms with van der Waals surface area (Å²) in [4.78, 5) is 38.0. The zero-order valence-corrected chi connectivity index (χ0v) is 16.3. The minimum Gasteiger partial charge on any atom is -0.326 e. The van der Waals surface area contributed by atoms with Crippen molar-refractivity contribution < 1.29 is 14.4 Å². The number of rotatable bonds is 4. The molecule has 6 heteroatoms. The van der Waals surface area contributed by atoms with Crippen molar-refractivity contribution in [3.8, 4) is 0 Å². The maximum atomic E-state index is 12.6. The third-order valence-corrected chi connectivity index (χ3v) is 5.01. The van der Waals surface area contributed by atoms with Gasteiger partial charge in [-0.15, -0.1) is 0 Å². The number of nitrogens with zero attached hydrogens (tertiary/aromatic N) is 1. The molecule has 2 aromatic carbocycles. The van der Waals surface area contributed by atoms with E-state index < -0.39 is 5.92 Å². The van der Waals surface area contributed by atoms with Crippen LogP contribution in [0.4, 0.5) is 11.4 Å². The number of ketones is 1. The molecule has 1 saturated heterocycles. The van der Waals surface area contributed by atoms with E-state index in [-0.39, 0.29) is 24.0 Å². The zero-order valence-electron chi connectivity index (χ0n) is 15.5. The van der Waals surface area contributed by atoms with Crippen LogP contribution >= 0.6 is 11.6 Å². The van der Waals surface area contributed by atoms with Gasteiger partial charge in [-0.1, -0.05) is 17.7 Å². The van der Waals surface area contributed by atoms with Crippen LogP contribution in [0.25, 0.3) is 0 Å². The van der Waals surface area contributed by atoms with E-state index in [1.807, 2.05) is 26.0 Å². The van der Waals surface area contributed by atoms with Gasteiger partial charge in [-0.3, -0.25) is 14.4 Å². The minimum absolute atomic E-state index is 0.0322. The molecule has 5 nitrogen and oxygen atoms in total. The fraction of sp³-hybridized carbons (Fsp3) is 0.286. The Morgan fingerprint density at radius 1 is 1.15 bits per heavy atom. The summed E-state index contributed by atoms with van der Waals surface area (Å²) in [5.74, 6) is -0.824. The molecule has 0 bridgehead atoms. The first kappa shape index (κ1) is 19.1. The predicted molar refractivity (Wildman–Crippen MR) is 106 cm³/mol. The normalized spacial score (nSPS) is 16.5. The standard InChI is InChI=1S/C21H21ClN2O3/c1-12-8-13(2)20(18(22)9-12)24-11-16(10-19(24)26)21(27)23-17-6-4-15(5-7-17)14(3)25/h4-9,16H,10-11H2,1-3H3,(H,23,27). The second-order valence-corrected chi connectivity index (χ2v) is 7.35. The summed E-state index contributed by atoms with van der Waals surface area (Å²) in [5, 5.41) is 3.33. The maximum absolute atomic E-state index is 12.6. The molecule has 27 heavy (non-hydrogen) atoms. The molecule has 0 radical (unpaired) electrons. The lowest BCUT2D eigenvalue weighted by atomic mass is 10.1. The van der Waals surface area contributed by atoms with Crippen LogP contribution in [0.5, 0.6) is 0 Å². The molecule has 1 fully saturated rings. The average molecular weight is 385 g/mol. The Balaban J connectivity index is 1.73. The van der Waals surface area contributed by atoms with Crippen LogP contribution in [-0.4, -0.2) is 24.1 Å². The summed E-state index contributed by atoms with van der Waals surface area (Å²) in [5.41, 5.74) is 3.79. The number of carbonyl (C=O) groups is 3. The number of hydrogen-bond acceptors (Lipinski definition) is 3. The van der Waals surface area contributed by atoms with E-state index >= 15 is 0 Å². The number of aryl methyl sites for hydroxylation is 2. The zero-order chi connectivity index (χ0) is 19.7. The highest BCUT2D eigenvalue weighted by molar-refractivity contribution is 6.34. The summed E-state index contributed by atoms with van der Waals surface area (Å²) in [6.45, 7) is 5.64. The first-order valence-corrected chi connectivity index (χ1v) is 9.13. The quantitative estimate of drug-likeness (QED) is 0.805. The third-order valence-electron chi connectivity index (χ3n) is 4.72. The predicted octanol–water partition coefficient (Wildman–Crippen LogP) is 4.15. The number of benzene rings is 2. The van der Waals surface area contributed by atoms with Gasteiger partial charge in [0.1, 0.15) is 0 Å². The van der Waals surface area contributed by atoms with Gasteiger partial charge >= 0.3 is 0 Å². The largest absolute Gasteiger partial charge is 0.326 e. The van der Waals surface area contributed by atoms with Crippen molar-refractivity contribution in [2.24, 2.45) is 5.92 Å². The van der Waals surface area contributed by atoms with Crippen LogP contribution < -0.4 is 10.2 Å². The number of hydrogen-bond donors (Lipinski definition) is 1. The van der Waals surface area contributed by atoms with Crippen LogP contribution in [0.15, 0.2) is 36.4 Å². The van der Waals surface area contributed by atoms with Crippen LogP contribution in [-0.2, 0) is 9.59 Å². The highest BCUT2D eigenvalue weighted by Crippen LogP contribution is 2.35. The summed E-state index contributed by atoms with van der Waals surface area (Å²) in [6, 6.07) is 10.5. The Morgan fingerprint density at radius 3 is 2.41 bits per heavy atom. The molecule has 1 atom stereocenters. The summed E-state index contributed by atoms with van der Waals surface area (Å²) >= 11 is 6.36. The Bertz CT molecular complexity index is 899. The maximum Gasteiger partial charge on any atom is 0.229 e. The lowest BCUT2D eigenvalue weighted by Crippen LogP contribution is -2.28. The summed E-state index contributed by atoms with van der Waals surface area (Å²) in [6.07, 6.45) is 0.140. The lowest BCUT2D eigenvalue weighted by Gasteiger charge is -2.21. The Morgan fingerprint density at radius 2 is 1.81 bits per heavy atom. The second-order valence-electron chi connectivity index (χ2n) is 6.94. The molecule has 1 aliphatic heterocycles. The molecule has 1 aliphatic rings. The van der Waals surface area contributed by atoms with Crippen LogP contribution in [0.3, 0.4) is 0 Å². The summed E-state index contributed by atoms with van der Waals surface area (Å²) in [7, 11) is 0. The SMILES string of the molecule is CC(=O)c1ccc(NC(=O)C2CC(=O)N(c3c(C)cc(C)cc3Cl)C2)cc1. The fourth-order valence-electron chi connectivity index (χ4n) is 3.38. The minimum atomic E-state index is -0.457. The molecule has 1 unspecified atom stereocenters. The molecule has 140 valence electrons. The van der Waals surface area contributed by atoms with Crippen molar-refractivity contribution in [3.63, 3.8) is 0 Å². The topological polar surface area (TPSA) is 66.5 Å². The van der Waals surface area contributed by atoms with E-state index in [0.717, 1.165) is 11.1 Å². The Labute approximate surface area is 163 Å². The molecule has 3 rings (SSSR count). The van der Waals surface area contributed by atoms with Crippen molar-refractivity contribution in [1.82, 2.24) is 0 Å². The van der Waals surface area contributed by atoms with E-state index in [9.17, 15) is 14.4 Å². The van der Waals surface area contributed by atoms with E-state index in [4.69, 9.17) is 11.6 Å². The monoisotopic (exact) mass is 384 g/mol. The van der Waals surface area contributed by atoms with Crippen molar-refractivity contribution in [2.75, 3.05) is 16.8 Å². The molecule has 2 amide bonds. The van der Waals surface area contributed by atoms with Gasteiger partial charge in [0.2, 0.25) is 11.8 Å². The van der Waals surface area contributed by atoms with Gasteiger partial charge in [0.15, 0.2) is 5.78 Å². The number of carbonyl (C=O) groups excluding carboxylic acids is 3. The van der Waals surface area contributed by atoms with Gasteiger partial charge in [-0.05, 0) is 62.2 Å². The Hall–Kier alpha value is -2.66. The highest BCUT2D eigenvalue weighted by Gasteiger charge is 2.36. The van der Waals surface area contributed by atoms with E-state index in [0.29, 0.717) is 28.5 Å². The molecule has 0 saturated carbocycles. The van der Waals surface area contributed by atoms with Crippen LogP contribution in [0, 0.1) is 19.8 Å². The molecular weight excluding hydrogens is 364 g/mol. The van der Waals surface area contributed by atoms with Gasteiger partial charge in [0.25, 0.3) is 0 Å². The smallest absolute Gasteiger partial charge is 0.229 e. The molecular formula is C21H21ClN2O3. The van der Waals surface area contributed by atoms with Gasteiger partial charge in [-0.2, -0.15) is 0 Å². The molecule has 1 heterocycles. The van der Waals surface area contributed by atoms with Crippen molar-refractivity contribution in [3.05, 3.63) is 58.1 Å². The van der Waals surface area contributed by atoms with Gasteiger partial charge in [-0.25, -0.2) is 0 Å². The van der Waals surface area contributed by atoms with E-state index in [1.165, 1.54) is 6.92 Å². The first-order chi connectivity index (χ1) is 12.8. The molecule has 1 N–H and O–H groups in total. The van der Waals surface area contributed by atoms with E-state index in [1.54, 1.807) is 29.2 Å². The van der Waals surface area contributed by atoms with Crippen molar-refractivity contribution >= 4 is 40.6 Å². The molecule has 0 spiro atoms. The highest BCUT2D eigenvalue weighted by atomic mass is 35.5. The Kier molecular flexibility index (Phi) is 5.33. The number of amides is 2. The van der Waals surface area contributed by atoms with Crippen LogP contribution in [0.2, 0.25) is 5.02 Å². The van der Waals surface area contributed by atoms with Gasteiger partial charge in [0, 0.05) is 24.2 Å². The van der Waals surface area contributed by atoms with Crippen molar-refractivity contribution in [2.45, 2.75) is 27.2 Å². The first-order valence-electron chi connectivity index (χ1n) is 8.75. The second kappa shape index (κ2) is 7.53. The van der Waals surface area contributed by atoms with Crippen molar-refractivity contribution in [1.29, 1.82) is 0 Å². The average Bonchev–Trinajstić information content (AvgIpc) is 2.96. The number of Topliss-reactive ketones (excluding diaryl/α,β-unsaturated/α-hetero) is 1. The fourth-order valence-corrected chi connectivity index (χ4v) is 3.81.